The van der Waals surface area contributed by atoms with Gasteiger partial charge in [0.1, 0.15) is 5.75 Å². The highest BCUT2D eigenvalue weighted by Gasteiger charge is 2.11. The molecule has 2 aromatic carbocycles. The van der Waals surface area contributed by atoms with E-state index in [4.69, 9.17) is 14.2 Å². The van der Waals surface area contributed by atoms with Gasteiger partial charge in [0, 0.05) is 4.47 Å². The minimum absolute atomic E-state index is 0.194. The lowest BCUT2D eigenvalue weighted by atomic mass is 10.3. The predicted molar refractivity (Wildman–Crippen MR) is 90.6 cm³/mol. The summed E-state index contributed by atoms with van der Waals surface area (Å²) in [6, 6.07) is 12.4. The summed E-state index contributed by atoms with van der Waals surface area (Å²) in [5.74, 6) is 0.983. The Hall–Kier alpha value is -1.53. The fraction of sp³-hybridized carbons (Fsp3) is 0.188. The molecule has 0 saturated heterocycles. The van der Waals surface area contributed by atoms with E-state index in [0.29, 0.717) is 23.9 Å². The molecule has 0 radical (unpaired) electrons. The Morgan fingerprint density at radius 3 is 2.41 bits per heavy atom. The monoisotopic (exact) mass is 428 g/mol. The Bertz CT molecular complexity index is 658. The first kappa shape index (κ1) is 16.8. The molecule has 0 aliphatic rings. The number of carbonyl (C=O) groups excluding carboxylic acids is 1. The minimum atomic E-state index is -0.498. The van der Waals surface area contributed by atoms with Gasteiger partial charge in [0.05, 0.1) is 11.1 Å². The van der Waals surface area contributed by atoms with Crippen molar-refractivity contribution in [3.05, 3.63) is 51.4 Å². The van der Waals surface area contributed by atoms with Gasteiger partial charge in [-0.05, 0) is 53.2 Å². The molecule has 0 heterocycles. The van der Waals surface area contributed by atoms with E-state index in [9.17, 15) is 4.79 Å². The zero-order valence-electron chi connectivity index (χ0n) is 11.8. The van der Waals surface area contributed by atoms with Crippen molar-refractivity contribution < 1.29 is 19.0 Å². The zero-order valence-corrected chi connectivity index (χ0v) is 15.0. The third-order valence-corrected chi connectivity index (χ3v) is 3.73. The van der Waals surface area contributed by atoms with Crippen molar-refractivity contribution in [2.24, 2.45) is 0 Å². The first-order chi connectivity index (χ1) is 10.6. The molecule has 0 atom stereocenters. The second-order valence-electron chi connectivity index (χ2n) is 4.22. The van der Waals surface area contributed by atoms with Crippen molar-refractivity contribution in [3.63, 3.8) is 0 Å². The molecule has 0 spiro atoms. The molecule has 6 heteroatoms. The summed E-state index contributed by atoms with van der Waals surface area (Å²) < 4.78 is 17.8. The van der Waals surface area contributed by atoms with E-state index in [0.717, 1.165) is 8.95 Å². The van der Waals surface area contributed by atoms with Crippen LogP contribution in [0.1, 0.15) is 6.92 Å². The SMILES string of the molecule is CCOc1ccccc1OC(=O)COc1ccc(Br)cc1Br. The van der Waals surface area contributed by atoms with Gasteiger partial charge in [-0.25, -0.2) is 4.79 Å². The molecule has 0 aliphatic heterocycles. The van der Waals surface area contributed by atoms with Crippen molar-refractivity contribution in [1.29, 1.82) is 0 Å². The fourth-order valence-electron chi connectivity index (χ4n) is 1.69. The average Bonchev–Trinajstić information content (AvgIpc) is 2.48. The largest absolute Gasteiger partial charge is 0.490 e. The fourth-order valence-corrected chi connectivity index (χ4v) is 2.85. The van der Waals surface area contributed by atoms with Crippen LogP contribution < -0.4 is 14.2 Å². The average molecular weight is 430 g/mol. The number of esters is 1. The van der Waals surface area contributed by atoms with Gasteiger partial charge < -0.3 is 14.2 Å². The van der Waals surface area contributed by atoms with E-state index < -0.39 is 5.97 Å². The molecule has 4 nitrogen and oxygen atoms in total. The number of ether oxygens (including phenoxy) is 3. The topological polar surface area (TPSA) is 44.8 Å². The third kappa shape index (κ3) is 4.74. The molecule has 2 aromatic rings. The van der Waals surface area contributed by atoms with Gasteiger partial charge >= 0.3 is 5.97 Å². The first-order valence-electron chi connectivity index (χ1n) is 6.60. The second-order valence-corrected chi connectivity index (χ2v) is 5.99. The molecular weight excluding hydrogens is 416 g/mol. The third-order valence-electron chi connectivity index (χ3n) is 2.61. The highest BCUT2D eigenvalue weighted by molar-refractivity contribution is 9.11. The molecule has 0 N–H and O–H groups in total. The van der Waals surface area contributed by atoms with E-state index in [2.05, 4.69) is 31.9 Å². The molecule has 0 bridgehead atoms. The summed E-state index contributed by atoms with van der Waals surface area (Å²) in [6.07, 6.45) is 0. The molecule has 0 unspecified atom stereocenters. The molecule has 2 rings (SSSR count). The maximum atomic E-state index is 11.9. The maximum absolute atomic E-state index is 11.9. The number of benzene rings is 2. The van der Waals surface area contributed by atoms with E-state index in [-0.39, 0.29) is 6.61 Å². The molecule has 116 valence electrons. The number of halogens is 2. The van der Waals surface area contributed by atoms with Crippen molar-refractivity contribution >= 4 is 37.8 Å². The van der Waals surface area contributed by atoms with Crippen LogP contribution in [0.4, 0.5) is 0 Å². The Labute approximate surface area is 145 Å². The van der Waals surface area contributed by atoms with Crippen LogP contribution in [0, 0.1) is 0 Å². The van der Waals surface area contributed by atoms with Crippen LogP contribution in [0.3, 0.4) is 0 Å². The standard InChI is InChI=1S/C16H14Br2O4/c1-2-20-14-5-3-4-6-15(14)22-16(19)10-21-13-8-7-11(17)9-12(13)18/h3-9H,2,10H2,1H3. The van der Waals surface area contributed by atoms with Gasteiger partial charge in [-0.3, -0.25) is 0 Å². The smallest absolute Gasteiger partial charge is 0.349 e. The molecule has 0 amide bonds. The van der Waals surface area contributed by atoms with Crippen LogP contribution in [0.15, 0.2) is 51.4 Å². The zero-order chi connectivity index (χ0) is 15.9. The normalized spacial score (nSPS) is 10.1. The van der Waals surface area contributed by atoms with E-state index in [1.54, 1.807) is 24.3 Å². The lowest BCUT2D eigenvalue weighted by Gasteiger charge is -2.11. The lowest BCUT2D eigenvalue weighted by Crippen LogP contribution is -2.18. The van der Waals surface area contributed by atoms with Crippen LogP contribution in [-0.4, -0.2) is 19.2 Å². The van der Waals surface area contributed by atoms with Gasteiger partial charge in [0.15, 0.2) is 18.1 Å². The Kier molecular flexibility index (Phi) is 6.27. The highest BCUT2D eigenvalue weighted by Crippen LogP contribution is 2.29. The van der Waals surface area contributed by atoms with E-state index in [1.807, 2.05) is 25.1 Å². The van der Waals surface area contributed by atoms with E-state index in [1.165, 1.54) is 0 Å². The van der Waals surface area contributed by atoms with Crippen molar-refractivity contribution in [1.82, 2.24) is 0 Å². The summed E-state index contributed by atoms with van der Waals surface area (Å²) in [6.45, 7) is 2.17. The molecule has 0 fully saturated rings. The van der Waals surface area contributed by atoms with Crippen molar-refractivity contribution in [3.8, 4) is 17.2 Å². The van der Waals surface area contributed by atoms with Gasteiger partial charge in [-0.2, -0.15) is 0 Å². The van der Waals surface area contributed by atoms with Crippen LogP contribution in [-0.2, 0) is 4.79 Å². The number of hydrogen-bond donors (Lipinski definition) is 0. The van der Waals surface area contributed by atoms with Gasteiger partial charge in [0.2, 0.25) is 0 Å². The maximum Gasteiger partial charge on any atom is 0.349 e. The number of hydrogen-bond acceptors (Lipinski definition) is 4. The van der Waals surface area contributed by atoms with Crippen LogP contribution in [0.5, 0.6) is 17.2 Å². The first-order valence-corrected chi connectivity index (χ1v) is 8.19. The summed E-state index contributed by atoms with van der Waals surface area (Å²) >= 11 is 6.72. The predicted octanol–water partition coefficient (Wildman–Crippen LogP) is 4.59. The minimum Gasteiger partial charge on any atom is -0.490 e. The van der Waals surface area contributed by atoms with Gasteiger partial charge in [-0.15, -0.1) is 0 Å². The highest BCUT2D eigenvalue weighted by atomic mass is 79.9. The number of carbonyl (C=O) groups is 1. The summed E-state index contributed by atoms with van der Waals surface area (Å²) in [5.41, 5.74) is 0. The van der Waals surface area contributed by atoms with Crippen molar-refractivity contribution in [2.45, 2.75) is 6.92 Å². The van der Waals surface area contributed by atoms with Crippen LogP contribution >= 0.6 is 31.9 Å². The van der Waals surface area contributed by atoms with Gasteiger partial charge in [-0.1, -0.05) is 28.1 Å². The van der Waals surface area contributed by atoms with Crippen LogP contribution in [0.25, 0.3) is 0 Å². The molecular formula is C16H14Br2O4. The molecule has 0 aliphatic carbocycles. The van der Waals surface area contributed by atoms with Crippen LogP contribution in [0.2, 0.25) is 0 Å². The lowest BCUT2D eigenvalue weighted by molar-refractivity contribution is -0.136. The summed E-state index contributed by atoms with van der Waals surface area (Å²) in [5, 5.41) is 0. The Morgan fingerprint density at radius 2 is 1.73 bits per heavy atom. The van der Waals surface area contributed by atoms with Gasteiger partial charge in [0.25, 0.3) is 0 Å². The number of para-hydroxylation sites is 2. The summed E-state index contributed by atoms with van der Waals surface area (Å²) in [7, 11) is 0. The summed E-state index contributed by atoms with van der Waals surface area (Å²) in [4.78, 5) is 11.9. The molecule has 0 aromatic heterocycles. The Balaban J connectivity index is 1.96. The van der Waals surface area contributed by atoms with E-state index >= 15 is 0 Å². The van der Waals surface area contributed by atoms with Crippen molar-refractivity contribution in [2.75, 3.05) is 13.2 Å². The second kappa shape index (κ2) is 8.19. The number of rotatable bonds is 6. The molecule has 0 saturated carbocycles. The quantitative estimate of drug-likeness (QED) is 0.497. The Morgan fingerprint density at radius 1 is 1.00 bits per heavy atom. The molecule has 22 heavy (non-hydrogen) atoms.